The van der Waals surface area contributed by atoms with Crippen molar-refractivity contribution in [1.29, 1.82) is 0 Å². The molecule has 1 aromatic rings. The van der Waals surface area contributed by atoms with Crippen LogP contribution in [0.2, 0.25) is 0 Å². The average Bonchev–Trinajstić information content (AvgIpc) is 2.57. The number of benzene rings is 1. The molecule has 0 spiro atoms. The van der Waals surface area contributed by atoms with Crippen LogP contribution in [0, 0.1) is 5.92 Å². The summed E-state index contributed by atoms with van der Waals surface area (Å²) in [5.74, 6) is -0.598. The van der Waals surface area contributed by atoms with Gasteiger partial charge in [-0.25, -0.2) is 0 Å². The van der Waals surface area contributed by atoms with E-state index in [0.29, 0.717) is 18.8 Å². The average molecular weight is 348 g/mol. The number of hydrogen-bond donors (Lipinski definition) is 3. The summed E-state index contributed by atoms with van der Waals surface area (Å²) in [6.45, 7) is 0. The lowest BCUT2D eigenvalue weighted by Crippen LogP contribution is -2.37. The minimum absolute atomic E-state index is 0.161. The van der Waals surface area contributed by atoms with Crippen LogP contribution < -0.4 is 0 Å². The summed E-state index contributed by atoms with van der Waals surface area (Å²) in [5, 5.41) is 29.5. The van der Waals surface area contributed by atoms with Crippen LogP contribution in [-0.2, 0) is 11.2 Å². The molecule has 25 heavy (non-hydrogen) atoms. The van der Waals surface area contributed by atoms with Crippen molar-refractivity contribution in [3.63, 3.8) is 0 Å². The van der Waals surface area contributed by atoms with E-state index in [1.807, 2.05) is 6.07 Å². The van der Waals surface area contributed by atoms with Crippen molar-refractivity contribution in [3.8, 4) is 0 Å². The maximum Gasteiger partial charge on any atom is 0.306 e. The van der Waals surface area contributed by atoms with Crippen LogP contribution in [0.4, 0.5) is 0 Å². The molecule has 1 aromatic carbocycles. The predicted octanol–water partition coefficient (Wildman–Crippen LogP) is 3.94. The first-order chi connectivity index (χ1) is 12.0. The van der Waals surface area contributed by atoms with Gasteiger partial charge in [-0.3, -0.25) is 4.79 Å². The molecule has 1 unspecified atom stereocenters. The van der Waals surface area contributed by atoms with Gasteiger partial charge in [0, 0.05) is 0 Å². The third kappa shape index (κ3) is 7.57. The summed E-state index contributed by atoms with van der Waals surface area (Å²) in [4.78, 5) is 10.9. The van der Waals surface area contributed by atoms with Gasteiger partial charge in [-0.2, -0.15) is 0 Å². The zero-order chi connectivity index (χ0) is 18.1. The van der Waals surface area contributed by atoms with Crippen LogP contribution in [0.5, 0.6) is 0 Å². The first-order valence-electron chi connectivity index (χ1n) is 9.63. The molecule has 1 aliphatic rings. The highest BCUT2D eigenvalue weighted by molar-refractivity contribution is 5.68. The summed E-state index contributed by atoms with van der Waals surface area (Å²) in [5.41, 5.74) is 0.298. The number of unbranched alkanes of at least 4 members (excludes halogenated alkanes) is 1. The Kier molecular flexibility index (Phi) is 7.91. The monoisotopic (exact) mass is 348 g/mol. The zero-order valence-electron chi connectivity index (χ0n) is 15.1. The number of carbonyl (C=O) groups is 1. The van der Waals surface area contributed by atoms with Crippen LogP contribution in [-0.4, -0.2) is 33.0 Å². The smallest absolute Gasteiger partial charge is 0.306 e. The molecule has 0 heterocycles. The molecule has 0 aromatic heterocycles. The summed E-state index contributed by atoms with van der Waals surface area (Å²) < 4.78 is 0. The van der Waals surface area contributed by atoms with Crippen LogP contribution in [0.15, 0.2) is 30.3 Å². The molecular formula is C21H32O4. The van der Waals surface area contributed by atoms with Crippen molar-refractivity contribution in [3.05, 3.63) is 35.9 Å². The van der Waals surface area contributed by atoms with Crippen molar-refractivity contribution < 1.29 is 20.1 Å². The molecule has 1 saturated carbocycles. The fourth-order valence-corrected chi connectivity index (χ4v) is 4.08. The van der Waals surface area contributed by atoms with E-state index < -0.39 is 11.6 Å². The lowest BCUT2D eigenvalue weighted by atomic mass is 9.74. The molecule has 3 atom stereocenters. The normalized spacial score (nSPS) is 24.8. The highest BCUT2D eigenvalue weighted by Gasteiger charge is 2.36. The van der Waals surface area contributed by atoms with Gasteiger partial charge in [0.05, 0.1) is 18.1 Å². The van der Waals surface area contributed by atoms with Gasteiger partial charge >= 0.3 is 5.97 Å². The number of aryl methyl sites for hydroxylation is 1. The maximum atomic E-state index is 10.9. The Morgan fingerprint density at radius 3 is 2.68 bits per heavy atom. The molecule has 2 rings (SSSR count). The van der Waals surface area contributed by atoms with E-state index in [9.17, 15) is 15.0 Å². The zero-order valence-corrected chi connectivity index (χ0v) is 15.1. The second kappa shape index (κ2) is 9.93. The number of carboxylic acids is 1. The number of carboxylic acid groups (broad SMARTS) is 1. The van der Waals surface area contributed by atoms with Crippen LogP contribution >= 0.6 is 0 Å². The topological polar surface area (TPSA) is 77.8 Å². The predicted molar refractivity (Wildman–Crippen MR) is 98.4 cm³/mol. The second-order valence-electron chi connectivity index (χ2n) is 7.72. The molecule has 0 saturated heterocycles. The van der Waals surface area contributed by atoms with Crippen molar-refractivity contribution >= 4 is 5.97 Å². The molecular weight excluding hydrogens is 316 g/mol. The number of aliphatic hydroxyl groups is 2. The van der Waals surface area contributed by atoms with E-state index in [0.717, 1.165) is 51.4 Å². The van der Waals surface area contributed by atoms with Gasteiger partial charge in [0.1, 0.15) is 0 Å². The molecule has 140 valence electrons. The molecule has 4 heteroatoms. The van der Waals surface area contributed by atoms with Crippen molar-refractivity contribution in [2.75, 3.05) is 0 Å². The Morgan fingerprint density at radius 2 is 1.96 bits per heavy atom. The largest absolute Gasteiger partial charge is 0.481 e. The molecule has 0 bridgehead atoms. The molecule has 0 amide bonds. The SMILES string of the molecule is O=C(O)C[C@]1(O)CCC[C@H](CCC(O)CCCCc2ccccc2)C1. The fourth-order valence-electron chi connectivity index (χ4n) is 4.08. The third-order valence-corrected chi connectivity index (χ3v) is 5.41. The fraction of sp³-hybridized carbons (Fsp3) is 0.667. The van der Waals surface area contributed by atoms with Crippen LogP contribution in [0.25, 0.3) is 0 Å². The molecule has 1 fully saturated rings. The Hall–Kier alpha value is -1.39. The summed E-state index contributed by atoms with van der Waals surface area (Å²) in [7, 11) is 0. The Bertz CT molecular complexity index is 516. The van der Waals surface area contributed by atoms with Crippen molar-refractivity contribution in [2.24, 2.45) is 5.92 Å². The van der Waals surface area contributed by atoms with E-state index >= 15 is 0 Å². The Labute approximate surface area is 150 Å². The Balaban J connectivity index is 1.61. The summed E-state index contributed by atoms with van der Waals surface area (Å²) in [6, 6.07) is 10.4. The minimum atomic E-state index is -1.05. The highest BCUT2D eigenvalue weighted by atomic mass is 16.4. The minimum Gasteiger partial charge on any atom is -0.481 e. The van der Waals surface area contributed by atoms with Gasteiger partial charge in [0.25, 0.3) is 0 Å². The van der Waals surface area contributed by atoms with E-state index in [1.165, 1.54) is 5.56 Å². The number of rotatable bonds is 10. The van der Waals surface area contributed by atoms with Crippen molar-refractivity contribution in [1.82, 2.24) is 0 Å². The standard InChI is InChI=1S/C21H32O4/c22-19(11-5-4-9-17-7-2-1-3-8-17)13-12-18-10-6-14-21(25,15-18)16-20(23)24/h1-3,7-8,18-19,22,25H,4-6,9-16H2,(H,23,24)/t18-,19?,21+/m1/s1. The van der Waals surface area contributed by atoms with Gasteiger partial charge in [0.2, 0.25) is 0 Å². The molecule has 0 radical (unpaired) electrons. The maximum absolute atomic E-state index is 10.9. The first kappa shape index (κ1) is 19.9. The lowest BCUT2D eigenvalue weighted by Gasteiger charge is -2.36. The van der Waals surface area contributed by atoms with Gasteiger partial charge in [-0.15, -0.1) is 0 Å². The number of hydrogen-bond acceptors (Lipinski definition) is 3. The van der Waals surface area contributed by atoms with Gasteiger partial charge in [-0.1, -0.05) is 49.6 Å². The van der Waals surface area contributed by atoms with E-state index in [-0.39, 0.29) is 12.5 Å². The van der Waals surface area contributed by atoms with E-state index in [4.69, 9.17) is 5.11 Å². The molecule has 0 aliphatic heterocycles. The summed E-state index contributed by atoms with van der Waals surface area (Å²) in [6.07, 6.45) is 8.20. The van der Waals surface area contributed by atoms with E-state index in [2.05, 4.69) is 24.3 Å². The molecule has 3 N–H and O–H groups in total. The van der Waals surface area contributed by atoms with Crippen molar-refractivity contribution in [2.45, 2.75) is 82.3 Å². The van der Waals surface area contributed by atoms with Crippen LogP contribution in [0.1, 0.15) is 69.8 Å². The first-order valence-corrected chi connectivity index (χ1v) is 9.63. The molecule has 1 aliphatic carbocycles. The van der Waals surface area contributed by atoms with Crippen LogP contribution in [0.3, 0.4) is 0 Å². The van der Waals surface area contributed by atoms with Gasteiger partial charge < -0.3 is 15.3 Å². The highest BCUT2D eigenvalue weighted by Crippen LogP contribution is 2.37. The molecule has 4 nitrogen and oxygen atoms in total. The summed E-state index contributed by atoms with van der Waals surface area (Å²) >= 11 is 0. The van der Waals surface area contributed by atoms with Gasteiger partial charge in [0.15, 0.2) is 0 Å². The third-order valence-electron chi connectivity index (χ3n) is 5.41. The lowest BCUT2D eigenvalue weighted by molar-refractivity contribution is -0.144. The van der Waals surface area contributed by atoms with Gasteiger partial charge in [-0.05, 0) is 56.4 Å². The quantitative estimate of drug-likeness (QED) is 0.560. The second-order valence-corrected chi connectivity index (χ2v) is 7.72. The van der Waals surface area contributed by atoms with E-state index in [1.54, 1.807) is 0 Å². The Morgan fingerprint density at radius 1 is 1.20 bits per heavy atom. The number of aliphatic hydroxyl groups excluding tert-OH is 1. The number of aliphatic carboxylic acids is 1.